The average Bonchev–Trinajstić information content (AvgIpc) is 3.44. The maximum atomic E-state index is 11.9. The van der Waals surface area contributed by atoms with Crippen LogP contribution >= 0.6 is 22.6 Å². The van der Waals surface area contributed by atoms with Gasteiger partial charge in [0.2, 0.25) is 0 Å². The summed E-state index contributed by atoms with van der Waals surface area (Å²) in [6.07, 6.45) is 3.68. The molecule has 1 aromatic rings. The van der Waals surface area contributed by atoms with E-state index in [1.54, 1.807) is 0 Å². The van der Waals surface area contributed by atoms with E-state index in [0.717, 1.165) is 16.3 Å². The minimum atomic E-state index is -0.117. The fourth-order valence-corrected chi connectivity index (χ4v) is 4.02. The topological polar surface area (TPSA) is 35.5 Å². The molecule has 0 saturated heterocycles. The van der Waals surface area contributed by atoms with Crippen LogP contribution in [0.5, 0.6) is 5.75 Å². The number of benzene rings is 1. The maximum Gasteiger partial charge on any atom is 0.309 e. The Balaban J connectivity index is 1.71. The van der Waals surface area contributed by atoms with E-state index in [-0.39, 0.29) is 17.8 Å². The lowest BCUT2D eigenvalue weighted by molar-refractivity contribution is -0.145. The van der Waals surface area contributed by atoms with Crippen molar-refractivity contribution in [3.8, 4) is 5.75 Å². The lowest BCUT2D eigenvalue weighted by Crippen LogP contribution is -2.22. The van der Waals surface area contributed by atoms with Crippen molar-refractivity contribution >= 4 is 28.6 Å². The van der Waals surface area contributed by atoms with Crippen LogP contribution in [0.15, 0.2) is 24.3 Å². The third-order valence-corrected chi connectivity index (χ3v) is 6.31. The zero-order valence-corrected chi connectivity index (χ0v) is 15.3. The first-order valence-electron chi connectivity index (χ1n) is 8.04. The second kappa shape index (κ2) is 6.77. The Bertz CT molecular complexity index is 541. The summed E-state index contributed by atoms with van der Waals surface area (Å²) in [5.74, 6) is 2.26. The van der Waals surface area contributed by atoms with E-state index in [1.807, 2.05) is 19.1 Å². The largest absolute Gasteiger partial charge is 0.493 e. The van der Waals surface area contributed by atoms with Gasteiger partial charge in [-0.2, -0.15) is 0 Å². The Hall–Kier alpha value is -0.780. The molecule has 3 rings (SSSR count). The normalized spacial score (nSPS) is 26.1. The number of hydrogen-bond acceptors (Lipinski definition) is 3. The van der Waals surface area contributed by atoms with Crippen LogP contribution in [0.3, 0.4) is 0 Å². The molecule has 120 valence electrons. The van der Waals surface area contributed by atoms with E-state index in [0.29, 0.717) is 11.8 Å². The van der Waals surface area contributed by atoms with Gasteiger partial charge in [-0.25, -0.2) is 0 Å². The van der Waals surface area contributed by atoms with E-state index in [1.165, 1.54) is 31.9 Å². The van der Waals surface area contributed by atoms with Crippen LogP contribution in [0.4, 0.5) is 0 Å². The molecule has 1 aromatic carbocycles. The second-order valence-corrected chi connectivity index (χ2v) is 8.17. The third kappa shape index (κ3) is 3.76. The van der Waals surface area contributed by atoms with E-state index in [2.05, 4.69) is 34.7 Å². The molecule has 0 amide bonds. The highest BCUT2D eigenvalue weighted by Crippen LogP contribution is 2.47. The van der Waals surface area contributed by atoms with Crippen molar-refractivity contribution < 1.29 is 14.3 Å². The first-order valence-corrected chi connectivity index (χ1v) is 9.29. The molecular formula is C18H23IO3. The SMILES string of the molecule is COC(=O)[C@@H](C)[C@H](c1cccc(OC[C@@H]2C[C@H]2I)c1)C1CC1. The minimum Gasteiger partial charge on any atom is -0.493 e. The molecule has 2 aliphatic rings. The summed E-state index contributed by atoms with van der Waals surface area (Å²) in [7, 11) is 1.47. The summed E-state index contributed by atoms with van der Waals surface area (Å²) >= 11 is 2.48. The van der Waals surface area contributed by atoms with E-state index in [9.17, 15) is 4.79 Å². The second-order valence-electron chi connectivity index (χ2n) is 6.57. The van der Waals surface area contributed by atoms with Gasteiger partial charge in [0, 0.05) is 9.84 Å². The average molecular weight is 414 g/mol. The van der Waals surface area contributed by atoms with Crippen molar-refractivity contribution in [3.63, 3.8) is 0 Å². The highest BCUT2D eigenvalue weighted by molar-refractivity contribution is 14.1. The highest BCUT2D eigenvalue weighted by atomic mass is 127. The fraction of sp³-hybridized carbons (Fsp3) is 0.611. The Kier molecular flexibility index (Phi) is 4.95. The fourth-order valence-electron chi connectivity index (χ4n) is 3.15. The van der Waals surface area contributed by atoms with Gasteiger partial charge < -0.3 is 9.47 Å². The number of ether oxygens (including phenoxy) is 2. The standard InChI is InChI=1S/C18H23IO3/c1-11(18(20)21-2)17(12-6-7-12)13-4-3-5-15(8-13)22-10-14-9-16(14)19/h3-5,8,11-12,14,16-17H,6-7,9-10H2,1-2H3/t11-,14-,16+,17-/m0/s1. The molecule has 4 heteroatoms. The quantitative estimate of drug-likeness (QED) is 0.381. The van der Waals surface area contributed by atoms with Crippen molar-refractivity contribution in [3.05, 3.63) is 29.8 Å². The van der Waals surface area contributed by atoms with Crippen LogP contribution in [-0.2, 0) is 9.53 Å². The zero-order chi connectivity index (χ0) is 15.7. The van der Waals surface area contributed by atoms with Crippen molar-refractivity contribution in [1.29, 1.82) is 0 Å². The van der Waals surface area contributed by atoms with E-state index in [4.69, 9.17) is 9.47 Å². The number of esters is 1. The van der Waals surface area contributed by atoms with Crippen LogP contribution in [0, 0.1) is 17.8 Å². The number of carbonyl (C=O) groups excluding carboxylic acids is 1. The molecular weight excluding hydrogens is 391 g/mol. The first-order chi connectivity index (χ1) is 10.6. The van der Waals surface area contributed by atoms with Crippen LogP contribution in [0.2, 0.25) is 0 Å². The third-order valence-electron chi connectivity index (χ3n) is 4.78. The van der Waals surface area contributed by atoms with Gasteiger partial charge in [-0.05, 0) is 48.8 Å². The summed E-state index contributed by atoms with van der Waals surface area (Å²) in [6, 6.07) is 8.29. The molecule has 0 N–H and O–H groups in total. The van der Waals surface area contributed by atoms with Gasteiger partial charge in [0.25, 0.3) is 0 Å². The lowest BCUT2D eigenvalue weighted by atomic mass is 9.83. The van der Waals surface area contributed by atoms with Gasteiger partial charge in [-0.1, -0.05) is 41.6 Å². The molecule has 2 saturated carbocycles. The summed E-state index contributed by atoms with van der Waals surface area (Å²) in [5, 5.41) is 0. The predicted octanol–water partition coefficient (Wildman–Crippen LogP) is 4.19. The summed E-state index contributed by atoms with van der Waals surface area (Å²) in [6.45, 7) is 2.78. The van der Waals surface area contributed by atoms with Gasteiger partial charge >= 0.3 is 5.97 Å². The van der Waals surface area contributed by atoms with Crippen molar-refractivity contribution in [2.24, 2.45) is 17.8 Å². The van der Waals surface area contributed by atoms with Crippen molar-refractivity contribution in [1.82, 2.24) is 0 Å². The number of halogens is 1. The number of methoxy groups -OCH3 is 1. The number of rotatable bonds is 7. The monoisotopic (exact) mass is 414 g/mol. The Morgan fingerprint density at radius 1 is 1.41 bits per heavy atom. The lowest BCUT2D eigenvalue weighted by Gasteiger charge is -2.23. The maximum absolute atomic E-state index is 11.9. The molecule has 0 spiro atoms. The summed E-state index contributed by atoms with van der Waals surface area (Å²) in [5.41, 5.74) is 1.21. The minimum absolute atomic E-state index is 0.102. The number of carbonyl (C=O) groups is 1. The van der Waals surface area contributed by atoms with Gasteiger partial charge in [0.1, 0.15) is 5.75 Å². The molecule has 22 heavy (non-hydrogen) atoms. The Labute approximate surface area is 145 Å². The van der Waals surface area contributed by atoms with E-state index >= 15 is 0 Å². The molecule has 0 unspecified atom stereocenters. The van der Waals surface area contributed by atoms with Crippen LogP contribution in [-0.4, -0.2) is 23.6 Å². The number of hydrogen-bond donors (Lipinski definition) is 0. The molecule has 3 nitrogen and oxygen atoms in total. The van der Waals surface area contributed by atoms with Gasteiger partial charge in [0.05, 0.1) is 19.6 Å². The van der Waals surface area contributed by atoms with Gasteiger partial charge in [0.15, 0.2) is 0 Å². The highest BCUT2D eigenvalue weighted by Gasteiger charge is 2.39. The molecule has 0 aliphatic heterocycles. The first kappa shape index (κ1) is 16.1. The molecule has 0 bridgehead atoms. The molecule has 2 fully saturated rings. The Morgan fingerprint density at radius 2 is 2.14 bits per heavy atom. The van der Waals surface area contributed by atoms with Gasteiger partial charge in [-0.3, -0.25) is 4.79 Å². The van der Waals surface area contributed by atoms with Crippen molar-refractivity contribution in [2.45, 2.75) is 36.0 Å². The molecule has 0 radical (unpaired) electrons. The molecule has 4 atom stereocenters. The molecule has 0 aromatic heterocycles. The predicted molar refractivity (Wildman–Crippen MR) is 94.5 cm³/mol. The smallest absolute Gasteiger partial charge is 0.309 e. The molecule has 0 heterocycles. The number of alkyl halides is 1. The van der Waals surface area contributed by atoms with Crippen molar-refractivity contribution in [2.75, 3.05) is 13.7 Å². The van der Waals surface area contributed by atoms with Crippen LogP contribution in [0.25, 0.3) is 0 Å². The summed E-state index contributed by atoms with van der Waals surface area (Å²) < 4.78 is 11.7. The van der Waals surface area contributed by atoms with E-state index < -0.39 is 0 Å². The molecule has 2 aliphatic carbocycles. The van der Waals surface area contributed by atoms with Crippen LogP contribution < -0.4 is 4.74 Å². The van der Waals surface area contributed by atoms with Gasteiger partial charge in [-0.15, -0.1) is 0 Å². The zero-order valence-electron chi connectivity index (χ0n) is 13.1. The summed E-state index contributed by atoms with van der Waals surface area (Å²) in [4.78, 5) is 11.9. The van der Waals surface area contributed by atoms with Crippen LogP contribution in [0.1, 0.15) is 37.7 Å². The Morgan fingerprint density at radius 3 is 2.73 bits per heavy atom.